The first-order chi connectivity index (χ1) is 18.6. The summed E-state index contributed by atoms with van der Waals surface area (Å²) in [6.45, 7) is 11.1. The molecule has 0 spiro atoms. The molecular weight excluding hydrogens is 572 g/mol. The quantitative estimate of drug-likeness (QED) is 0.227. The minimum Gasteiger partial charge on any atom is -0.401 e. The van der Waals surface area contributed by atoms with Gasteiger partial charge < -0.3 is 23.4 Å². The van der Waals surface area contributed by atoms with E-state index in [1.807, 2.05) is 32.0 Å². The predicted octanol–water partition coefficient (Wildman–Crippen LogP) is 5.79. The van der Waals surface area contributed by atoms with Crippen molar-refractivity contribution in [3.63, 3.8) is 0 Å². The largest absolute Gasteiger partial charge is 0.401 e. The Balaban J connectivity index is 1.52. The topological polar surface area (TPSA) is 46.2 Å². The molecular formula is C32H39BrO5Si. The highest BCUT2D eigenvalue weighted by atomic mass is 79.9. The van der Waals surface area contributed by atoms with Crippen molar-refractivity contribution in [3.8, 4) is 0 Å². The van der Waals surface area contributed by atoms with E-state index in [0.29, 0.717) is 11.9 Å². The van der Waals surface area contributed by atoms with Gasteiger partial charge in [0.2, 0.25) is 0 Å². The average molecular weight is 612 g/mol. The van der Waals surface area contributed by atoms with E-state index in [2.05, 4.69) is 109 Å². The predicted molar refractivity (Wildman–Crippen MR) is 160 cm³/mol. The second-order valence-corrected chi connectivity index (χ2v) is 16.7. The molecule has 0 N–H and O–H groups in total. The van der Waals surface area contributed by atoms with Gasteiger partial charge in [-0.25, -0.2) is 0 Å². The van der Waals surface area contributed by atoms with Crippen molar-refractivity contribution in [1.82, 2.24) is 0 Å². The molecule has 0 unspecified atom stereocenters. The van der Waals surface area contributed by atoms with Crippen molar-refractivity contribution in [2.45, 2.75) is 82.8 Å². The average Bonchev–Trinajstić information content (AvgIpc) is 3.40. The van der Waals surface area contributed by atoms with Gasteiger partial charge in [0.15, 0.2) is 12.1 Å². The lowest BCUT2D eigenvalue weighted by molar-refractivity contribution is -0.227. The van der Waals surface area contributed by atoms with Crippen molar-refractivity contribution >= 4 is 34.6 Å². The monoisotopic (exact) mass is 610 g/mol. The molecule has 0 aliphatic carbocycles. The van der Waals surface area contributed by atoms with Crippen LogP contribution in [0.15, 0.2) is 91.0 Å². The molecule has 0 amide bonds. The Labute approximate surface area is 242 Å². The van der Waals surface area contributed by atoms with E-state index in [-0.39, 0.29) is 29.5 Å². The lowest BCUT2D eigenvalue weighted by Crippen LogP contribution is -2.69. The van der Waals surface area contributed by atoms with E-state index in [9.17, 15) is 0 Å². The molecule has 2 saturated heterocycles. The van der Waals surface area contributed by atoms with Crippen LogP contribution >= 0.6 is 15.9 Å². The summed E-state index contributed by atoms with van der Waals surface area (Å²) in [5, 5.41) is 2.86. The highest BCUT2D eigenvalue weighted by molar-refractivity contribution is 9.09. The second kappa shape index (κ2) is 11.6. The van der Waals surface area contributed by atoms with E-state index in [0.717, 1.165) is 5.56 Å². The van der Waals surface area contributed by atoms with Gasteiger partial charge in [-0.1, -0.05) is 128 Å². The van der Waals surface area contributed by atoms with Gasteiger partial charge in [0, 0.05) is 5.33 Å². The van der Waals surface area contributed by atoms with Crippen molar-refractivity contribution < 1.29 is 23.4 Å². The van der Waals surface area contributed by atoms with Gasteiger partial charge in [-0.15, -0.1) is 0 Å². The maximum Gasteiger partial charge on any atom is 0.261 e. The van der Waals surface area contributed by atoms with Crippen LogP contribution in [0.1, 0.15) is 40.2 Å². The number of halogens is 1. The summed E-state index contributed by atoms with van der Waals surface area (Å²) >= 11 is 3.80. The first kappa shape index (κ1) is 28.7. The minimum atomic E-state index is -2.83. The van der Waals surface area contributed by atoms with E-state index < -0.39 is 20.4 Å². The Morgan fingerprint density at radius 3 is 1.90 bits per heavy atom. The summed E-state index contributed by atoms with van der Waals surface area (Å²) in [5.41, 5.74) is 1.10. The lowest BCUT2D eigenvalue weighted by atomic mass is 10.1. The highest BCUT2D eigenvalue weighted by Crippen LogP contribution is 2.43. The Morgan fingerprint density at radius 2 is 1.38 bits per heavy atom. The first-order valence-electron chi connectivity index (χ1n) is 13.7. The van der Waals surface area contributed by atoms with Crippen LogP contribution in [0.3, 0.4) is 0 Å². The molecule has 208 valence electrons. The SMILES string of the molecule is CC1(C)O[C@H]2O[C@H]([C@@H](CBr)O[Si](c3ccccc3)(c3ccccc3)C(C)(C)C)[C@@H](OCc3ccccc3)[C@H]2O1. The second-order valence-electron chi connectivity index (χ2n) is 11.8. The Kier molecular flexibility index (Phi) is 8.51. The summed E-state index contributed by atoms with van der Waals surface area (Å²) < 4.78 is 33.2. The maximum absolute atomic E-state index is 7.48. The Morgan fingerprint density at radius 1 is 0.846 bits per heavy atom. The minimum absolute atomic E-state index is 0.167. The summed E-state index contributed by atoms with van der Waals surface area (Å²) in [5.74, 6) is -0.739. The number of alkyl halides is 1. The molecule has 7 heteroatoms. The van der Waals surface area contributed by atoms with Crippen molar-refractivity contribution in [2.75, 3.05) is 5.33 Å². The van der Waals surface area contributed by atoms with Gasteiger partial charge in [0.05, 0.1) is 12.7 Å². The molecule has 5 atom stereocenters. The third-order valence-corrected chi connectivity index (χ3v) is 13.3. The lowest BCUT2D eigenvalue weighted by Gasteiger charge is -2.46. The normalized spacial score (nSPS) is 25.4. The number of hydrogen-bond donors (Lipinski definition) is 0. The van der Waals surface area contributed by atoms with E-state index >= 15 is 0 Å². The molecule has 5 rings (SSSR count). The zero-order chi connectivity index (χ0) is 27.7. The van der Waals surface area contributed by atoms with Crippen LogP contribution < -0.4 is 10.4 Å². The van der Waals surface area contributed by atoms with Gasteiger partial charge >= 0.3 is 0 Å². The summed E-state index contributed by atoms with van der Waals surface area (Å²) in [4.78, 5) is 0. The molecule has 0 saturated carbocycles. The third kappa shape index (κ3) is 5.82. The maximum atomic E-state index is 7.48. The fourth-order valence-electron chi connectivity index (χ4n) is 5.86. The standard InChI is InChI=1S/C32H39BrO5Si/c1-31(2,3)39(24-17-11-7-12-18-24,25-19-13-8-14-20-25)38-26(21-33)27-28(34-22-23-15-9-6-10-16-23)29-30(35-27)37-32(4,5)36-29/h6-20,26-30H,21-22H2,1-5H3/t26-,27-,28-,29-,30-/m1/s1. The van der Waals surface area contributed by atoms with Crippen molar-refractivity contribution in [3.05, 3.63) is 96.6 Å². The van der Waals surface area contributed by atoms with Gasteiger partial charge in [-0.3, -0.25) is 0 Å². The molecule has 2 aliphatic rings. The molecule has 2 heterocycles. The molecule has 0 aromatic heterocycles. The van der Waals surface area contributed by atoms with E-state index in [1.165, 1.54) is 10.4 Å². The number of benzene rings is 3. The summed E-state index contributed by atoms with van der Waals surface area (Å²) in [6, 6.07) is 31.5. The highest BCUT2D eigenvalue weighted by Gasteiger charge is 2.59. The zero-order valence-corrected chi connectivity index (χ0v) is 26.0. The molecule has 2 fully saturated rings. The number of rotatable bonds is 9. The molecule has 39 heavy (non-hydrogen) atoms. The molecule has 0 radical (unpaired) electrons. The van der Waals surface area contributed by atoms with Gasteiger partial charge in [-0.05, 0) is 34.8 Å². The smallest absolute Gasteiger partial charge is 0.261 e. The molecule has 3 aromatic carbocycles. The number of fused-ring (bicyclic) bond motifs is 1. The van der Waals surface area contributed by atoms with Crippen LogP contribution in [0, 0.1) is 0 Å². The number of hydrogen-bond acceptors (Lipinski definition) is 5. The Hall–Kier alpha value is -1.84. The van der Waals surface area contributed by atoms with Gasteiger partial charge in [0.1, 0.15) is 18.3 Å². The van der Waals surface area contributed by atoms with Crippen LogP contribution in [-0.2, 0) is 30.0 Å². The van der Waals surface area contributed by atoms with Crippen molar-refractivity contribution in [1.29, 1.82) is 0 Å². The fourth-order valence-corrected chi connectivity index (χ4v) is 11.3. The summed E-state index contributed by atoms with van der Waals surface area (Å²) in [6.07, 6.45) is -1.93. The van der Waals surface area contributed by atoms with Crippen molar-refractivity contribution in [2.24, 2.45) is 0 Å². The molecule has 0 bridgehead atoms. The van der Waals surface area contributed by atoms with E-state index in [1.54, 1.807) is 0 Å². The third-order valence-electron chi connectivity index (χ3n) is 7.58. The molecule has 2 aliphatic heterocycles. The number of ether oxygens (including phenoxy) is 4. The van der Waals surface area contributed by atoms with Gasteiger partial charge in [-0.2, -0.15) is 0 Å². The molecule has 3 aromatic rings. The Bertz CT molecular complexity index is 1160. The van der Waals surface area contributed by atoms with Crippen LogP contribution in [0.5, 0.6) is 0 Å². The fraction of sp³-hybridized carbons (Fsp3) is 0.438. The summed E-state index contributed by atoms with van der Waals surface area (Å²) in [7, 11) is -2.83. The first-order valence-corrected chi connectivity index (χ1v) is 16.7. The zero-order valence-electron chi connectivity index (χ0n) is 23.4. The van der Waals surface area contributed by atoms with Crippen LogP contribution in [0.4, 0.5) is 0 Å². The van der Waals surface area contributed by atoms with E-state index in [4.69, 9.17) is 23.4 Å². The van der Waals surface area contributed by atoms with Crippen LogP contribution in [0.2, 0.25) is 5.04 Å². The van der Waals surface area contributed by atoms with Gasteiger partial charge in [0.25, 0.3) is 8.32 Å². The van der Waals surface area contributed by atoms with Crippen LogP contribution in [0.25, 0.3) is 0 Å². The van der Waals surface area contributed by atoms with Crippen LogP contribution in [-0.4, -0.2) is 50.1 Å². The molecule has 5 nitrogen and oxygen atoms in total.